The van der Waals surface area contributed by atoms with Gasteiger partial charge in [0, 0.05) is 19.3 Å². The van der Waals surface area contributed by atoms with Crippen LogP contribution in [-0.2, 0) is 11.2 Å². The van der Waals surface area contributed by atoms with Gasteiger partial charge in [-0.25, -0.2) is 9.07 Å². The van der Waals surface area contributed by atoms with Gasteiger partial charge >= 0.3 is 0 Å². The van der Waals surface area contributed by atoms with Crippen LogP contribution >= 0.6 is 0 Å². The summed E-state index contributed by atoms with van der Waals surface area (Å²) in [5, 5.41) is 7.76. The number of nitrogens with zero attached hydrogens (tertiary/aromatic N) is 4. The van der Waals surface area contributed by atoms with Crippen LogP contribution in [0.2, 0.25) is 0 Å². The Kier molecular flexibility index (Phi) is 3.45. The first-order valence-electron chi connectivity index (χ1n) is 6.60. The number of carbonyl (C=O) groups excluding carboxylic acids is 1. The van der Waals surface area contributed by atoms with Gasteiger partial charge < -0.3 is 4.90 Å². The molecule has 1 amide bonds. The largest absolute Gasteiger partial charge is 0.340 e. The fraction of sp³-hybridized carbons (Fsp3) is 0.357. The summed E-state index contributed by atoms with van der Waals surface area (Å²) < 4.78 is 14.6. The maximum Gasteiger partial charge on any atom is 0.227 e. The molecule has 1 saturated heterocycles. The summed E-state index contributed by atoms with van der Waals surface area (Å²) in [4.78, 5) is 14.0. The third-order valence-corrected chi connectivity index (χ3v) is 3.60. The van der Waals surface area contributed by atoms with Crippen LogP contribution in [-0.4, -0.2) is 38.9 Å². The fourth-order valence-electron chi connectivity index (χ4n) is 2.49. The van der Waals surface area contributed by atoms with Crippen LogP contribution in [0.1, 0.15) is 18.0 Å². The second kappa shape index (κ2) is 5.40. The number of hydrogen-bond donors (Lipinski definition) is 0. The second-order valence-corrected chi connectivity index (χ2v) is 4.97. The molecule has 1 fully saturated rings. The number of aromatic nitrogens is 3. The summed E-state index contributed by atoms with van der Waals surface area (Å²) in [6.07, 6.45) is 4.66. The zero-order valence-corrected chi connectivity index (χ0v) is 10.9. The molecule has 0 N–H and O–H groups in total. The van der Waals surface area contributed by atoms with Gasteiger partial charge in [0.15, 0.2) is 0 Å². The van der Waals surface area contributed by atoms with Gasteiger partial charge in [-0.15, -0.1) is 5.10 Å². The molecule has 1 unspecified atom stereocenters. The Labute approximate surface area is 116 Å². The van der Waals surface area contributed by atoms with E-state index < -0.39 is 0 Å². The molecule has 20 heavy (non-hydrogen) atoms. The minimum Gasteiger partial charge on any atom is -0.340 e. The monoisotopic (exact) mass is 274 g/mol. The van der Waals surface area contributed by atoms with Gasteiger partial charge in [0.05, 0.1) is 18.7 Å². The van der Waals surface area contributed by atoms with Crippen molar-refractivity contribution in [1.82, 2.24) is 19.9 Å². The van der Waals surface area contributed by atoms with Crippen molar-refractivity contribution >= 4 is 5.91 Å². The van der Waals surface area contributed by atoms with Crippen LogP contribution < -0.4 is 0 Å². The lowest BCUT2D eigenvalue weighted by atomic mass is 10.1. The number of rotatable bonds is 3. The SMILES string of the molecule is O=C(Cc1ccc(F)cc1)N1CCC(n2ccnn2)C1. The molecule has 2 aromatic rings. The number of likely N-dealkylation sites (tertiary alicyclic amines) is 1. The average Bonchev–Trinajstić information content (AvgIpc) is 3.11. The highest BCUT2D eigenvalue weighted by atomic mass is 19.1. The van der Waals surface area contributed by atoms with Crippen LogP contribution in [0, 0.1) is 5.82 Å². The topological polar surface area (TPSA) is 51.0 Å². The van der Waals surface area contributed by atoms with Crippen molar-refractivity contribution in [3.63, 3.8) is 0 Å². The molecule has 0 radical (unpaired) electrons. The zero-order valence-electron chi connectivity index (χ0n) is 10.9. The van der Waals surface area contributed by atoms with E-state index in [1.807, 2.05) is 11.1 Å². The summed E-state index contributed by atoms with van der Waals surface area (Å²) in [7, 11) is 0. The summed E-state index contributed by atoms with van der Waals surface area (Å²) in [6.45, 7) is 1.38. The Morgan fingerprint density at radius 1 is 1.35 bits per heavy atom. The van der Waals surface area contributed by atoms with Crippen molar-refractivity contribution in [2.24, 2.45) is 0 Å². The van der Waals surface area contributed by atoms with E-state index in [1.54, 1.807) is 23.0 Å². The fourth-order valence-corrected chi connectivity index (χ4v) is 2.49. The number of halogens is 1. The molecule has 2 heterocycles. The minimum atomic E-state index is -0.284. The quantitative estimate of drug-likeness (QED) is 0.851. The molecule has 1 aromatic heterocycles. The molecular formula is C14H15FN4O. The molecule has 1 aromatic carbocycles. The van der Waals surface area contributed by atoms with Gasteiger partial charge in [0.2, 0.25) is 5.91 Å². The Morgan fingerprint density at radius 3 is 2.85 bits per heavy atom. The standard InChI is InChI=1S/C14H15FN4O/c15-12-3-1-11(2-4-12)9-14(20)18-7-5-13(10-18)19-8-6-16-17-19/h1-4,6,8,13H,5,7,9-10H2. The number of benzene rings is 1. The molecule has 1 aliphatic rings. The average molecular weight is 274 g/mol. The minimum absolute atomic E-state index is 0.0687. The predicted octanol–water partition coefficient (Wildman–Crippen LogP) is 1.43. The molecule has 1 aliphatic heterocycles. The lowest BCUT2D eigenvalue weighted by molar-refractivity contribution is -0.129. The number of amides is 1. The highest BCUT2D eigenvalue weighted by Gasteiger charge is 2.27. The first-order valence-corrected chi connectivity index (χ1v) is 6.60. The number of hydrogen-bond acceptors (Lipinski definition) is 3. The molecule has 0 aliphatic carbocycles. The zero-order chi connectivity index (χ0) is 13.9. The maximum atomic E-state index is 12.8. The molecule has 5 nitrogen and oxygen atoms in total. The van der Waals surface area contributed by atoms with Crippen LogP contribution in [0.15, 0.2) is 36.7 Å². The van der Waals surface area contributed by atoms with E-state index in [0.29, 0.717) is 13.0 Å². The van der Waals surface area contributed by atoms with E-state index >= 15 is 0 Å². The molecule has 0 bridgehead atoms. The van der Waals surface area contributed by atoms with Gasteiger partial charge in [-0.05, 0) is 24.1 Å². The second-order valence-electron chi connectivity index (χ2n) is 4.97. The first-order chi connectivity index (χ1) is 9.72. The van der Waals surface area contributed by atoms with Gasteiger partial charge in [-0.2, -0.15) is 0 Å². The van der Waals surface area contributed by atoms with E-state index in [2.05, 4.69) is 10.3 Å². The summed E-state index contributed by atoms with van der Waals surface area (Å²) >= 11 is 0. The van der Waals surface area contributed by atoms with Gasteiger partial charge in [-0.1, -0.05) is 17.3 Å². The van der Waals surface area contributed by atoms with Gasteiger partial charge in [0.25, 0.3) is 0 Å². The Balaban J connectivity index is 1.60. The maximum absolute atomic E-state index is 12.8. The molecular weight excluding hydrogens is 259 g/mol. The molecule has 1 atom stereocenters. The van der Waals surface area contributed by atoms with E-state index in [0.717, 1.165) is 18.5 Å². The third kappa shape index (κ3) is 2.68. The van der Waals surface area contributed by atoms with E-state index in [4.69, 9.17) is 0 Å². The lowest BCUT2D eigenvalue weighted by Crippen LogP contribution is -2.30. The molecule has 0 saturated carbocycles. The first kappa shape index (κ1) is 12.8. The highest BCUT2D eigenvalue weighted by molar-refractivity contribution is 5.79. The smallest absolute Gasteiger partial charge is 0.227 e. The summed E-state index contributed by atoms with van der Waals surface area (Å²) in [5.41, 5.74) is 0.834. The van der Waals surface area contributed by atoms with Crippen LogP contribution in [0.25, 0.3) is 0 Å². The molecule has 3 rings (SSSR count). The van der Waals surface area contributed by atoms with Crippen molar-refractivity contribution in [3.8, 4) is 0 Å². The highest BCUT2D eigenvalue weighted by Crippen LogP contribution is 2.21. The van der Waals surface area contributed by atoms with E-state index in [-0.39, 0.29) is 17.8 Å². The van der Waals surface area contributed by atoms with Crippen molar-refractivity contribution in [3.05, 3.63) is 48.0 Å². The van der Waals surface area contributed by atoms with Gasteiger partial charge in [0.1, 0.15) is 5.82 Å². The van der Waals surface area contributed by atoms with Crippen LogP contribution in [0.4, 0.5) is 4.39 Å². The summed E-state index contributed by atoms with van der Waals surface area (Å²) in [6, 6.07) is 6.26. The Hall–Kier alpha value is -2.24. The Morgan fingerprint density at radius 2 is 2.15 bits per heavy atom. The van der Waals surface area contributed by atoms with Crippen molar-refractivity contribution in [1.29, 1.82) is 0 Å². The summed E-state index contributed by atoms with van der Waals surface area (Å²) in [5.74, 6) is -0.215. The Bertz CT molecular complexity index is 582. The third-order valence-electron chi connectivity index (χ3n) is 3.60. The van der Waals surface area contributed by atoms with E-state index in [1.165, 1.54) is 12.1 Å². The van der Waals surface area contributed by atoms with Crippen LogP contribution in [0.3, 0.4) is 0 Å². The van der Waals surface area contributed by atoms with Crippen molar-refractivity contribution < 1.29 is 9.18 Å². The molecule has 104 valence electrons. The normalized spacial score (nSPS) is 18.4. The number of carbonyl (C=O) groups is 1. The van der Waals surface area contributed by atoms with Crippen molar-refractivity contribution in [2.45, 2.75) is 18.9 Å². The lowest BCUT2D eigenvalue weighted by Gasteiger charge is -2.16. The van der Waals surface area contributed by atoms with Gasteiger partial charge in [-0.3, -0.25) is 4.79 Å². The molecule has 0 spiro atoms. The van der Waals surface area contributed by atoms with Crippen molar-refractivity contribution in [2.75, 3.05) is 13.1 Å². The van der Waals surface area contributed by atoms with Crippen LogP contribution in [0.5, 0.6) is 0 Å². The molecule has 6 heteroatoms. The van der Waals surface area contributed by atoms with E-state index in [9.17, 15) is 9.18 Å². The predicted molar refractivity (Wildman–Crippen MR) is 70.4 cm³/mol.